The van der Waals surface area contributed by atoms with Gasteiger partial charge < -0.3 is 14.2 Å². The highest BCUT2D eigenvalue weighted by Gasteiger charge is 2.19. The fourth-order valence-electron chi connectivity index (χ4n) is 2.44. The number of pyridine rings is 1. The predicted molar refractivity (Wildman–Crippen MR) is 99.0 cm³/mol. The van der Waals surface area contributed by atoms with E-state index in [1.165, 1.54) is 38.5 Å². The number of aromatic nitrogens is 1. The summed E-state index contributed by atoms with van der Waals surface area (Å²) in [4.78, 5) is 16.1. The first-order valence-corrected chi connectivity index (χ1v) is 8.36. The third kappa shape index (κ3) is 3.89. The molecule has 0 spiro atoms. The first-order valence-electron chi connectivity index (χ1n) is 7.98. The van der Waals surface area contributed by atoms with Crippen LogP contribution in [0.1, 0.15) is 10.4 Å². The van der Waals surface area contributed by atoms with Crippen molar-refractivity contribution >= 4 is 17.6 Å². The molecule has 0 aliphatic carbocycles. The zero-order valence-electron chi connectivity index (χ0n) is 14.8. The van der Waals surface area contributed by atoms with Gasteiger partial charge >= 0.3 is 5.97 Å². The molecular weight excluding hydrogens is 392 g/mol. The number of benzene rings is 2. The maximum Gasteiger partial charge on any atom is 0.343 e. The van der Waals surface area contributed by atoms with E-state index in [9.17, 15) is 13.6 Å². The van der Waals surface area contributed by atoms with E-state index in [0.29, 0.717) is 5.75 Å². The highest BCUT2D eigenvalue weighted by Crippen LogP contribution is 2.36. The number of rotatable bonds is 5. The topological polar surface area (TPSA) is 57.7 Å². The smallest absolute Gasteiger partial charge is 0.343 e. The first kappa shape index (κ1) is 19.6. The van der Waals surface area contributed by atoms with Crippen LogP contribution in [0, 0.1) is 11.6 Å². The number of hydrogen-bond donors (Lipinski definition) is 0. The first-order chi connectivity index (χ1) is 13.4. The molecule has 0 radical (unpaired) electrons. The van der Waals surface area contributed by atoms with Crippen molar-refractivity contribution in [3.63, 3.8) is 0 Å². The van der Waals surface area contributed by atoms with Crippen LogP contribution in [0.3, 0.4) is 0 Å². The minimum Gasteiger partial charge on any atom is -0.497 e. The van der Waals surface area contributed by atoms with E-state index in [2.05, 4.69) is 4.98 Å². The van der Waals surface area contributed by atoms with Crippen LogP contribution in [0.25, 0.3) is 11.3 Å². The normalized spacial score (nSPS) is 10.5. The molecular formula is C20H14ClF2NO4. The summed E-state index contributed by atoms with van der Waals surface area (Å²) in [5, 5.41) is 0.256. The lowest BCUT2D eigenvalue weighted by molar-refractivity contribution is 0.0597. The van der Waals surface area contributed by atoms with Gasteiger partial charge in [0.25, 0.3) is 0 Å². The van der Waals surface area contributed by atoms with Crippen molar-refractivity contribution in [3.05, 3.63) is 70.9 Å². The summed E-state index contributed by atoms with van der Waals surface area (Å²) in [5.74, 6) is -2.11. The summed E-state index contributed by atoms with van der Waals surface area (Å²) in [6.07, 6.45) is 1.16. The quantitative estimate of drug-likeness (QED) is 0.541. The van der Waals surface area contributed by atoms with Crippen LogP contribution in [0.2, 0.25) is 5.02 Å². The summed E-state index contributed by atoms with van der Waals surface area (Å²) in [6, 6.07) is 9.73. The van der Waals surface area contributed by atoms with Gasteiger partial charge in [0.05, 0.1) is 24.9 Å². The Hall–Kier alpha value is -3.19. The molecule has 0 bridgehead atoms. The van der Waals surface area contributed by atoms with Crippen molar-refractivity contribution in [3.8, 4) is 28.5 Å². The van der Waals surface area contributed by atoms with Crippen molar-refractivity contribution in [2.24, 2.45) is 0 Å². The van der Waals surface area contributed by atoms with Crippen LogP contribution < -0.4 is 9.47 Å². The fraction of sp³-hybridized carbons (Fsp3) is 0.100. The third-order valence-electron chi connectivity index (χ3n) is 3.86. The second kappa shape index (κ2) is 8.22. The van der Waals surface area contributed by atoms with Crippen molar-refractivity contribution < 1.29 is 27.8 Å². The van der Waals surface area contributed by atoms with Gasteiger partial charge in [-0.1, -0.05) is 17.7 Å². The molecule has 1 aromatic heterocycles. The molecule has 0 unspecified atom stereocenters. The largest absolute Gasteiger partial charge is 0.497 e. The second-order valence-electron chi connectivity index (χ2n) is 5.56. The maximum atomic E-state index is 14.1. The second-order valence-corrected chi connectivity index (χ2v) is 5.96. The molecule has 3 rings (SSSR count). The average molecular weight is 406 g/mol. The molecule has 0 aliphatic heterocycles. The Morgan fingerprint density at radius 1 is 1.07 bits per heavy atom. The van der Waals surface area contributed by atoms with Gasteiger partial charge in [0.15, 0.2) is 11.6 Å². The standard InChI is InChI=1S/C20H14ClF2NO4/c1-26-11-6-7-14(21)18(8-11)28-17-9-16(24-10-13(17)20(25)27-2)12-4-3-5-15(22)19(12)23/h3-10H,1-2H3. The van der Waals surface area contributed by atoms with Gasteiger partial charge in [-0.05, 0) is 24.3 Å². The van der Waals surface area contributed by atoms with Crippen LogP contribution >= 0.6 is 11.6 Å². The summed E-state index contributed by atoms with van der Waals surface area (Å²) in [6.45, 7) is 0. The van der Waals surface area contributed by atoms with Gasteiger partial charge in [-0.3, -0.25) is 4.98 Å². The number of esters is 1. The zero-order valence-corrected chi connectivity index (χ0v) is 15.6. The highest BCUT2D eigenvalue weighted by molar-refractivity contribution is 6.32. The van der Waals surface area contributed by atoms with Gasteiger partial charge in [0.2, 0.25) is 0 Å². The van der Waals surface area contributed by atoms with Crippen molar-refractivity contribution in [2.45, 2.75) is 0 Å². The molecule has 8 heteroatoms. The van der Waals surface area contributed by atoms with Crippen LogP contribution in [0.15, 0.2) is 48.7 Å². The molecule has 0 saturated heterocycles. The molecule has 5 nitrogen and oxygen atoms in total. The zero-order chi connectivity index (χ0) is 20.3. The van der Waals surface area contributed by atoms with Crippen LogP contribution in [0.4, 0.5) is 8.78 Å². The summed E-state index contributed by atoms with van der Waals surface area (Å²) < 4.78 is 43.4. The van der Waals surface area contributed by atoms with Gasteiger partial charge in [-0.25, -0.2) is 13.6 Å². The molecule has 144 valence electrons. The molecule has 1 heterocycles. The Kier molecular flexibility index (Phi) is 5.75. The summed E-state index contributed by atoms with van der Waals surface area (Å²) in [5.41, 5.74) is -0.0291. The van der Waals surface area contributed by atoms with Gasteiger partial charge in [-0.15, -0.1) is 0 Å². The number of carbonyl (C=O) groups is 1. The van der Waals surface area contributed by atoms with Gasteiger partial charge in [0, 0.05) is 23.9 Å². The molecule has 3 aromatic rings. The maximum absolute atomic E-state index is 14.1. The van der Waals surface area contributed by atoms with E-state index in [-0.39, 0.29) is 33.3 Å². The van der Waals surface area contributed by atoms with Crippen LogP contribution in [-0.4, -0.2) is 25.2 Å². The molecule has 28 heavy (non-hydrogen) atoms. The molecule has 0 fully saturated rings. The number of ether oxygens (including phenoxy) is 3. The number of hydrogen-bond acceptors (Lipinski definition) is 5. The third-order valence-corrected chi connectivity index (χ3v) is 4.17. The average Bonchev–Trinajstić information content (AvgIpc) is 2.71. The molecule has 0 N–H and O–H groups in total. The molecule has 0 amide bonds. The lowest BCUT2D eigenvalue weighted by Crippen LogP contribution is -2.05. The van der Waals surface area contributed by atoms with E-state index in [1.54, 1.807) is 12.1 Å². The lowest BCUT2D eigenvalue weighted by atomic mass is 10.1. The summed E-state index contributed by atoms with van der Waals surface area (Å²) in [7, 11) is 2.68. The van der Waals surface area contributed by atoms with Gasteiger partial charge in [0.1, 0.15) is 22.8 Å². The number of methoxy groups -OCH3 is 2. The van der Waals surface area contributed by atoms with Crippen molar-refractivity contribution in [2.75, 3.05) is 14.2 Å². The molecule has 0 atom stereocenters. The Balaban J connectivity index is 2.12. The lowest BCUT2D eigenvalue weighted by Gasteiger charge is -2.13. The predicted octanol–water partition coefficient (Wildman–Crippen LogP) is 5.27. The van der Waals surface area contributed by atoms with Gasteiger partial charge in [-0.2, -0.15) is 0 Å². The Morgan fingerprint density at radius 3 is 2.57 bits per heavy atom. The van der Waals surface area contributed by atoms with E-state index >= 15 is 0 Å². The minimum atomic E-state index is -1.06. The van der Waals surface area contributed by atoms with Crippen molar-refractivity contribution in [1.29, 1.82) is 0 Å². The molecule has 0 saturated carbocycles. The minimum absolute atomic E-state index is 0.00987. The van der Waals surface area contributed by atoms with E-state index < -0.39 is 17.6 Å². The van der Waals surface area contributed by atoms with E-state index in [4.69, 9.17) is 25.8 Å². The van der Waals surface area contributed by atoms with Crippen molar-refractivity contribution in [1.82, 2.24) is 4.98 Å². The number of halogens is 3. The Bertz CT molecular complexity index is 1040. The fourth-order valence-corrected chi connectivity index (χ4v) is 2.60. The SMILES string of the molecule is COC(=O)c1cnc(-c2cccc(F)c2F)cc1Oc1cc(OC)ccc1Cl. The van der Waals surface area contributed by atoms with Crippen LogP contribution in [0.5, 0.6) is 17.2 Å². The Morgan fingerprint density at radius 2 is 1.86 bits per heavy atom. The number of carbonyl (C=O) groups excluding carboxylic acids is 1. The Labute approximate surface area is 164 Å². The van der Waals surface area contributed by atoms with Crippen LogP contribution in [-0.2, 0) is 4.74 Å². The highest BCUT2D eigenvalue weighted by atomic mass is 35.5. The monoisotopic (exact) mass is 405 g/mol. The molecule has 2 aromatic carbocycles. The molecule has 0 aliphatic rings. The summed E-state index contributed by atoms with van der Waals surface area (Å²) >= 11 is 6.15. The van der Waals surface area contributed by atoms with E-state index in [1.807, 2.05) is 0 Å². The number of nitrogens with zero attached hydrogens (tertiary/aromatic N) is 1. The van der Waals surface area contributed by atoms with E-state index in [0.717, 1.165) is 12.3 Å².